The highest BCUT2D eigenvalue weighted by Crippen LogP contribution is 2.42. The summed E-state index contributed by atoms with van der Waals surface area (Å²) in [6.45, 7) is 0. The van der Waals surface area contributed by atoms with E-state index in [0.29, 0.717) is 0 Å². The number of fused-ring (bicyclic) bond motifs is 2. The third-order valence-corrected chi connectivity index (χ3v) is 5.62. The fraction of sp³-hybridized carbons (Fsp3) is 0.154. The number of carbonyl (C=O) groups is 6. The molecule has 0 atom stereocenters. The van der Waals surface area contributed by atoms with Gasteiger partial charge in [-0.2, -0.15) is 0 Å². The first-order valence-corrected chi connectivity index (χ1v) is 10.6. The molecular weight excluding hydrogens is 504 g/mol. The predicted octanol–water partition coefficient (Wildman–Crippen LogP) is 1.33. The number of hydrogen-bond acceptors (Lipinski definition) is 12. The van der Waals surface area contributed by atoms with E-state index in [0.717, 1.165) is 64.9 Å². The van der Waals surface area contributed by atoms with Crippen molar-refractivity contribution in [3.05, 3.63) is 69.8 Å². The SMILES string of the molecule is COC(=O)/C=C(\C(=O)OC)c1ccc2c(c1O)C(=O)c1c(ccc(/C(=C\C(=O)OC)C(=O)OC)c1O)C2=O. The minimum atomic E-state index is -1.05. The maximum Gasteiger partial charge on any atom is 0.338 e. The largest absolute Gasteiger partial charge is 0.506 e. The number of esters is 4. The van der Waals surface area contributed by atoms with Gasteiger partial charge in [0.15, 0.2) is 5.78 Å². The molecule has 12 nitrogen and oxygen atoms in total. The van der Waals surface area contributed by atoms with Crippen molar-refractivity contribution < 1.29 is 57.9 Å². The van der Waals surface area contributed by atoms with Crippen molar-refractivity contribution in [3.8, 4) is 11.5 Å². The van der Waals surface area contributed by atoms with Crippen molar-refractivity contribution in [2.24, 2.45) is 0 Å². The Hall–Kier alpha value is -5.26. The minimum Gasteiger partial charge on any atom is -0.506 e. The highest BCUT2D eigenvalue weighted by atomic mass is 16.5. The van der Waals surface area contributed by atoms with Crippen LogP contribution in [0.4, 0.5) is 0 Å². The molecule has 38 heavy (non-hydrogen) atoms. The molecule has 0 aliphatic heterocycles. The standard InChI is InChI=1S/C26H20O12/c1-35-17(27)9-15(25(33)37-3)11-5-7-13-19(22(11)30)24(32)20-14(21(13)29)8-6-12(23(20)31)16(26(34)38-4)10-18(28)36-2/h5-10,30-31H,1-4H3/b15-9-,16-10+. The van der Waals surface area contributed by atoms with Gasteiger partial charge in [-0.25, -0.2) is 19.2 Å². The van der Waals surface area contributed by atoms with Gasteiger partial charge in [0.25, 0.3) is 0 Å². The summed E-state index contributed by atoms with van der Waals surface area (Å²) in [5.74, 6) is -7.56. The minimum absolute atomic E-state index is 0.253. The Bertz CT molecular complexity index is 1370. The molecule has 0 radical (unpaired) electrons. The zero-order valence-electron chi connectivity index (χ0n) is 20.4. The first-order chi connectivity index (χ1) is 18.0. The van der Waals surface area contributed by atoms with Crippen molar-refractivity contribution in [3.63, 3.8) is 0 Å². The van der Waals surface area contributed by atoms with E-state index in [1.165, 1.54) is 0 Å². The monoisotopic (exact) mass is 524 g/mol. The lowest BCUT2D eigenvalue weighted by Gasteiger charge is -2.22. The molecule has 2 aromatic rings. The van der Waals surface area contributed by atoms with Gasteiger partial charge in [-0.15, -0.1) is 0 Å². The molecule has 0 fully saturated rings. The van der Waals surface area contributed by atoms with Crippen molar-refractivity contribution in [1.82, 2.24) is 0 Å². The molecule has 0 spiro atoms. The predicted molar refractivity (Wildman–Crippen MR) is 127 cm³/mol. The van der Waals surface area contributed by atoms with Gasteiger partial charge in [-0.3, -0.25) is 9.59 Å². The Morgan fingerprint density at radius 3 is 1.29 bits per heavy atom. The van der Waals surface area contributed by atoms with Gasteiger partial charge in [0.05, 0.1) is 50.7 Å². The summed E-state index contributed by atoms with van der Waals surface area (Å²) >= 11 is 0. The average molecular weight is 524 g/mol. The lowest BCUT2D eigenvalue weighted by atomic mass is 9.80. The molecule has 12 heteroatoms. The van der Waals surface area contributed by atoms with Crippen molar-refractivity contribution in [2.45, 2.75) is 0 Å². The number of phenolic OH excluding ortho intramolecular Hbond substituents is 2. The van der Waals surface area contributed by atoms with Gasteiger partial charge >= 0.3 is 23.9 Å². The lowest BCUT2D eigenvalue weighted by Crippen LogP contribution is -2.22. The van der Waals surface area contributed by atoms with E-state index in [1.54, 1.807) is 0 Å². The zero-order valence-corrected chi connectivity index (χ0v) is 20.4. The molecule has 0 amide bonds. The van der Waals surface area contributed by atoms with E-state index in [9.17, 15) is 39.0 Å². The summed E-state index contributed by atoms with van der Waals surface area (Å²) in [5, 5.41) is 22.0. The van der Waals surface area contributed by atoms with Crippen LogP contribution >= 0.6 is 0 Å². The lowest BCUT2D eigenvalue weighted by molar-refractivity contribution is -0.136. The number of ketones is 2. The number of methoxy groups -OCH3 is 4. The van der Waals surface area contributed by atoms with Crippen LogP contribution in [0.3, 0.4) is 0 Å². The number of carbonyl (C=O) groups excluding carboxylic acids is 6. The van der Waals surface area contributed by atoms with E-state index in [-0.39, 0.29) is 22.3 Å². The van der Waals surface area contributed by atoms with Gasteiger partial charge in [0, 0.05) is 34.4 Å². The van der Waals surface area contributed by atoms with Gasteiger partial charge in [0.2, 0.25) is 5.78 Å². The normalized spacial score (nSPS) is 12.7. The third-order valence-electron chi connectivity index (χ3n) is 5.62. The molecule has 0 saturated heterocycles. The first kappa shape index (κ1) is 27.3. The van der Waals surface area contributed by atoms with Crippen LogP contribution in [0.1, 0.15) is 43.0 Å². The van der Waals surface area contributed by atoms with Crippen LogP contribution in [0.15, 0.2) is 36.4 Å². The molecule has 1 aliphatic carbocycles. The summed E-state index contributed by atoms with van der Waals surface area (Å²) in [7, 11) is 4.15. The molecule has 0 unspecified atom stereocenters. The van der Waals surface area contributed by atoms with Crippen molar-refractivity contribution in [1.29, 1.82) is 0 Å². The number of phenols is 2. The van der Waals surface area contributed by atoms with Crippen LogP contribution in [0.2, 0.25) is 0 Å². The van der Waals surface area contributed by atoms with Gasteiger partial charge in [-0.1, -0.05) is 0 Å². The van der Waals surface area contributed by atoms with Crippen LogP contribution in [0.25, 0.3) is 11.1 Å². The number of ether oxygens (including phenoxy) is 4. The second-order valence-corrected chi connectivity index (χ2v) is 7.57. The maximum atomic E-state index is 13.6. The average Bonchev–Trinajstić information content (AvgIpc) is 2.92. The number of rotatable bonds is 6. The Kier molecular flexibility index (Phi) is 7.76. The van der Waals surface area contributed by atoms with Crippen LogP contribution < -0.4 is 0 Å². The van der Waals surface area contributed by atoms with E-state index >= 15 is 0 Å². The van der Waals surface area contributed by atoms with Gasteiger partial charge in [0.1, 0.15) is 11.5 Å². The second-order valence-electron chi connectivity index (χ2n) is 7.57. The van der Waals surface area contributed by atoms with Crippen LogP contribution in [0.5, 0.6) is 11.5 Å². The zero-order chi connectivity index (χ0) is 28.3. The van der Waals surface area contributed by atoms with Crippen LogP contribution in [0, 0.1) is 0 Å². The van der Waals surface area contributed by atoms with Crippen molar-refractivity contribution in [2.75, 3.05) is 28.4 Å². The first-order valence-electron chi connectivity index (χ1n) is 10.6. The van der Waals surface area contributed by atoms with E-state index in [2.05, 4.69) is 18.9 Å². The summed E-state index contributed by atoms with van der Waals surface area (Å²) < 4.78 is 18.3. The molecule has 196 valence electrons. The molecule has 1 aliphatic rings. The number of aromatic hydroxyl groups is 2. The molecule has 0 saturated carbocycles. The molecule has 3 rings (SSSR count). The smallest absolute Gasteiger partial charge is 0.338 e. The summed E-state index contributed by atoms with van der Waals surface area (Å²) in [6.07, 6.45) is 1.46. The van der Waals surface area contributed by atoms with Gasteiger partial charge in [-0.05, 0) is 24.3 Å². The summed E-state index contributed by atoms with van der Waals surface area (Å²) in [4.78, 5) is 75.0. The molecule has 2 aromatic carbocycles. The summed E-state index contributed by atoms with van der Waals surface area (Å²) in [5.41, 5.74) is -3.28. The fourth-order valence-electron chi connectivity index (χ4n) is 3.79. The Morgan fingerprint density at radius 2 is 0.974 bits per heavy atom. The Morgan fingerprint density at radius 1 is 0.605 bits per heavy atom. The Balaban J connectivity index is 2.29. The third kappa shape index (κ3) is 4.62. The molecular formula is C26H20O12. The van der Waals surface area contributed by atoms with Gasteiger partial charge < -0.3 is 29.2 Å². The van der Waals surface area contributed by atoms with E-state index < -0.39 is 69.2 Å². The maximum absolute atomic E-state index is 13.6. The molecule has 0 bridgehead atoms. The number of benzene rings is 2. The summed E-state index contributed by atoms with van der Waals surface area (Å²) in [6, 6.07) is 4.59. The highest BCUT2D eigenvalue weighted by molar-refractivity contribution is 6.32. The fourth-order valence-corrected chi connectivity index (χ4v) is 3.79. The van der Waals surface area contributed by atoms with Crippen molar-refractivity contribution >= 4 is 46.6 Å². The second kappa shape index (κ2) is 10.8. The Labute approximate surface area is 214 Å². The highest BCUT2D eigenvalue weighted by Gasteiger charge is 2.37. The van der Waals surface area contributed by atoms with Crippen LogP contribution in [-0.2, 0) is 38.1 Å². The molecule has 2 N–H and O–H groups in total. The van der Waals surface area contributed by atoms with Crippen LogP contribution in [-0.4, -0.2) is 74.1 Å². The van der Waals surface area contributed by atoms with E-state index in [4.69, 9.17) is 0 Å². The van der Waals surface area contributed by atoms with E-state index in [1.807, 2.05) is 0 Å². The number of hydrogen-bond donors (Lipinski definition) is 2. The topological polar surface area (TPSA) is 180 Å². The quantitative estimate of drug-likeness (QED) is 0.269. The molecule has 0 aromatic heterocycles. The molecule has 0 heterocycles.